The summed E-state index contributed by atoms with van der Waals surface area (Å²) >= 11 is 5.65. The lowest BCUT2D eigenvalue weighted by Crippen LogP contribution is -2.31. The molecule has 0 spiro atoms. The van der Waals surface area contributed by atoms with Gasteiger partial charge in [-0.25, -0.2) is 0 Å². The molecule has 0 unspecified atom stereocenters. The van der Waals surface area contributed by atoms with Gasteiger partial charge < -0.3 is 14.8 Å². The topological polar surface area (TPSA) is 57.6 Å². The molecule has 3 aromatic carbocycles. The monoisotopic (exact) mass is 508 g/mol. The maximum absolute atomic E-state index is 13.5. The van der Waals surface area contributed by atoms with Crippen molar-refractivity contribution in [3.05, 3.63) is 107 Å². The van der Waals surface area contributed by atoms with Crippen LogP contribution < -0.4 is 10.2 Å². The fourth-order valence-electron chi connectivity index (χ4n) is 4.52. The highest BCUT2D eigenvalue weighted by molar-refractivity contribution is 7.80. The van der Waals surface area contributed by atoms with Crippen LogP contribution in [0.3, 0.4) is 0 Å². The first-order valence-electron chi connectivity index (χ1n) is 12.1. The number of aryl methyl sites for hydroxylation is 2. The molecule has 0 bridgehead atoms. The molecule has 186 valence electrons. The third kappa shape index (κ3) is 4.78. The third-order valence-corrected chi connectivity index (χ3v) is 7.22. The zero-order valence-corrected chi connectivity index (χ0v) is 21.9. The van der Waals surface area contributed by atoms with Crippen molar-refractivity contribution in [1.29, 1.82) is 0 Å². The molecule has 37 heavy (non-hydrogen) atoms. The smallest absolute Gasteiger partial charge is 0.281 e. The van der Waals surface area contributed by atoms with Crippen LogP contribution in [0.2, 0.25) is 0 Å². The average molecular weight is 509 g/mol. The molecule has 1 aliphatic heterocycles. The number of para-hydroxylation sites is 1. The molecule has 1 aromatic heterocycles. The number of carbonyl (C=O) groups is 2. The summed E-state index contributed by atoms with van der Waals surface area (Å²) in [6, 6.07) is 23.6. The highest BCUT2D eigenvalue weighted by Crippen LogP contribution is 2.31. The highest BCUT2D eigenvalue weighted by atomic mass is 32.1. The number of benzene rings is 3. The van der Waals surface area contributed by atoms with E-state index in [0.717, 1.165) is 38.8 Å². The van der Waals surface area contributed by atoms with Crippen LogP contribution in [0.1, 0.15) is 22.3 Å². The fraction of sp³-hybridized carbons (Fsp3) is 0.167. The molecule has 0 aliphatic carbocycles. The quantitative estimate of drug-likeness (QED) is 0.288. The van der Waals surface area contributed by atoms with E-state index in [-0.39, 0.29) is 18.4 Å². The van der Waals surface area contributed by atoms with Crippen molar-refractivity contribution >= 4 is 51.8 Å². The van der Waals surface area contributed by atoms with Crippen LogP contribution in [0.15, 0.2) is 84.7 Å². The second-order valence-electron chi connectivity index (χ2n) is 9.27. The van der Waals surface area contributed by atoms with Gasteiger partial charge in [-0.1, -0.05) is 54.6 Å². The number of anilines is 1. The van der Waals surface area contributed by atoms with Gasteiger partial charge in [0.25, 0.3) is 5.91 Å². The van der Waals surface area contributed by atoms with E-state index in [2.05, 4.69) is 5.32 Å². The maximum atomic E-state index is 13.5. The Morgan fingerprint density at radius 3 is 2.46 bits per heavy atom. The van der Waals surface area contributed by atoms with Crippen molar-refractivity contribution in [2.75, 3.05) is 11.9 Å². The first-order valence-corrected chi connectivity index (χ1v) is 12.5. The molecule has 0 saturated carbocycles. The Morgan fingerprint density at radius 2 is 1.70 bits per heavy atom. The Bertz CT molecular complexity index is 1550. The minimum absolute atomic E-state index is 0.0834. The summed E-state index contributed by atoms with van der Waals surface area (Å²) in [7, 11) is 1.81. The Kier molecular flexibility index (Phi) is 6.63. The van der Waals surface area contributed by atoms with Crippen LogP contribution >= 0.6 is 12.2 Å². The van der Waals surface area contributed by atoms with E-state index in [4.69, 9.17) is 12.2 Å². The molecule has 6 nitrogen and oxygen atoms in total. The molecule has 5 rings (SSSR count). The summed E-state index contributed by atoms with van der Waals surface area (Å²) in [5, 5.41) is 4.38. The number of hydrogen-bond donors (Lipinski definition) is 1. The average Bonchev–Trinajstić information content (AvgIpc) is 3.34. The van der Waals surface area contributed by atoms with Crippen LogP contribution in [0.5, 0.6) is 0 Å². The number of rotatable bonds is 6. The molecule has 1 N–H and O–H groups in total. The number of hydrogen-bond acceptors (Lipinski definition) is 3. The van der Waals surface area contributed by atoms with E-state index < -0.39 is 0 Å². The number of fused-ring (bicyclic) bond motifs is 1. The van der Waals surface area contributed by atoms with Gasteiger partial charge >= 0.3 is 0 Å². The van der Waals surface area contributed by atoms with Crippen molar-refractivity contribution < 1.29 is 9.59 Å². The third-order valence-electron chi connectivity index (χ3n) is 6.77. The molecular weight excluding hydrogens is 480 g/mol. The molecular formula is C30H28N4O2S. The molecule has 1 fully saturated rings. The maximum Gasteiger partial charge on any atom is 0.281 e. The summed E-state index contributed by atoms with van der Waals surface area (Å²) in [5.41, 5.74) is 6.32. The summed E-state index contributed by atoms with van der Waals surface area (Å²) in [6.07, 6.45) is 3.78. The molecule has 7 heteroatoms. The van der Waals surface area contributed by atoms with Gasteiger partial charge in [-0.05, 0) is 67.0 Å². The van der Waals surface area contributed by atoms with Gasteiger partial charge in [-0.2, -0.15) is 0 Å². The number of aromatic nitrogens is 1. The standard InChI is InChI=1S/C30H28N4O2S/c1-20-13-14-24(15-21(20)2)34-29(36)27(32(3)30(34)37)16-23-18-33(26-12-8-7-11-25(23)26)19-28(35)31-17-22-9-5-4-6-10-22/h4-16,18H,17,19H2,1-3H3,(H,31,35)/b27-16-. The van der Waals surface area contributed by atoms with Crippen LogP contribution in [-0.4, -0.2) is 33.4 Å². The minimum atomic E-state index is -0.173. The van der Waals surface area contributed by atoms with Crippen molar-refractivity contribution in [2.45, 2.75) is 26.9 Å². The lowest BCUT2D eigenvalue weighted by molar-refractivity contribution is -0.121. The largest absolute Gasteiger partial charge is 0.350 e. The summed E-state index contributed by atoms with van der Waals surface area (Å²) < 4.78 is 1.92. The Hall–Kier alpha value is -4.23. The zero-order chi connectivity index (χ0) is 26.1. The second-order valence-corrected chi connectivity index (χ2v) is 9.64. The first kappa shape index (κ1) is 24.5. The van der Waals surface area contributed by atoms with Crippen molar-refractivity contribution in [3.8, 4) is 0 Å². The van der Waals surface area contributed by atoms with E-state index >= 15 is 0 Å². The van der Waals surface area contributed by atoms with Crippen LogP contribution in [0.4, 0.5) is 5.69 Å². The van der Waals surface area contributed by atoms with E-state index in [9.17, 15) is 9.59 Å². The van der Waals surface area contributed by atoms with Crippen LogP contribution in [0, 0.1) is 13.8 Å². The van der Waals surface area contributed by atoms with Crippen molar-refractivity contribution in [1.82, 2.24) is 14.8 Å². The predicted octanol–water partition coefficient (Wildman–Crippen LogP) is 5.18. The number of thiocarbonyl (C=S) groups is 1. The Labute approximate surface area is 221 Å². The van der Waals surface area contributed by atoms with Gasteiger partial charge in [0.05, 0.1) is 5.69 Å². The molecule has 0 radical (unpaired) electrons. The van der Waals surface area contributed by atoms with Crippen LogP contribution in [0.25, 0.3) is 17.0 Å². The summed E-state index contributed by atoms with van der Waals surface area (Å²) in [4.78, 5) is 29.6. The normalized spacial score (nSPS) is 14.7. The molecule has 2 heterocycles. The van der Waals surface area contributed by atoms with Crippen molar-refractivity contribution in [3.63, 3.8) is 0 Å². The van der Waals surface area contributed by atoms with E-state index in [1.165, 1.54) is 0 Å². The minimum Gasteiger partial charge on any atom is -0.350 e. The van der Waals surface area contributed by atoms with E-state index in [1.807, 2.05) is 111 Å². The fourth-order valence-corrected chi connectivity index (χ4v) is 4.81. The van der Waals surface area contributed by atoms with E-state index in [0.29, 0.717) is 17.4 Å². The van der Waals surface area contributed by atoms with E-state index in [1.54, 1.807) is 9.80 Å². The lowest BCUT2D eigenvalue weighted by atomic mass is 10.1. The number of carbonyl (C=O) groups excluding carboxylic acids is 2. The molecule has 1 aliphatic rings. The zero-order valence-electron chi connectivity index (χ0n) is 21.1. The number of likely N-dealkylation sites (N-methyl/N-ethyl adjacent to an activating group) is 1. The van der Waals surface area contributed by atoms with Gasteiger partial charge in [-0.15, -0.1) is 0 Å². The molecule has 0 atom stereocenters. The number of amides is 2. The highest BCUT2D eigenvalue weighted by Gasteiger charge is 2.37. The van der Waals surface area contributed by atoms with Gasteiger partial charge in [0, 0.05) is 36.3 Å². The van der Waals surface area contributed by atoms with Gasteiger partial charge in [0.2, 0.25) is 5.91 Å². The predicted molar refractivity (Wildman–Crippen MR) is 152 cm³/mol. The second kappa shape index (κ2) is 10.0. The number of nitrogens with one attached hydrogen (secondary N) is 1. The molecule has 2 amide bonds. The van der Waals surface area contributed by atoms with Gasteiger partial charge in [0.1, 0.15) is 12.2 Å². The lowest BCUT2D eigenvalue weighted by Gasteiger charge is -2.17. The van der Waals surface area contributed by atoms with Gasteiger partial charge in [0.15, 0.2) is 5.11 Å². The van der Waals surface area contributed by atoms with Crippen LogP contribution in [-0.2, 0) is 22.7 Å². The molecule has 1 saturated heterocycles. The Morgan fingerprint density at radius 1 is 0.973 bits per heavy atom. The summed E-state index contributed by atoms with van der Waals surface area (Å²) in [5.74, 6) is -0.256. The number of nitrogens with zero attached hydrogens (tertiary/aromatic N) is 3. The summed E-state index contributed by atoms with van der Waals surface area (Å²) in [6.45, 7) is 4.71. The molecule has 4 aromatic rings. The first-order chi connectivity index (χ1) is 17.8. The SMILES string of the molecule is Cc1ccc(N2C(=O)/C(=C/c3cn(CC(=O)NCc4ccccc4)c4ccccc34)N(C)C2=S)cc1C. The van der Waals surface area contributed by atoms with Gasteiger partial charge in [-0.3, -0.25) is 14.5 Å². The van der Waals surface area contributed by atoms with Crippen molar-refractivity contribution in [2.24, 2.45) is 0 Å². The Balaban J connectivity index is 1.43.